The van der Waals surface area contributed by atoms with Gasteiger partial charge >= 0.3 is 0 Å². The highest BCUT2D eigenvalue weighted by molar-refractivity contribution is 5.76. The summed E-state index contributed by atoms with van der Waals surface area (Å²) in [6.45, 7) is 8.55. The third-order valence-electron chi connectivity index (χ3n) is 3.34. The summed E-state index contributed by atoms with van der Waals surface area (Å²) >= 11 is 0. The first-order valence-electron chi connectivity index (χ1n) is 6.24. The first-order valence-corrected chi connectivity index (χ1v) is 6.24. The maximum atomic E-state index is 6.01. The Balaban J connectivity index is 2.66. The van der Waals surface area contributed by atoms with Crippen molar-refractivity contribution in [3.63, 3.8) is 0 Å². The van der Waals surface area contributed by atoms with Gasteiger partial charge in [0.25, 0.3) is 0 Å². The zero-order valence-corrected chi connectivity index (χ0v) is 11.0. The molecule has 0 aliphatic rings. The molecule has 3 nitrogen and oxygen atoms in total. The normalized spacial score (nSPS) is 15.4. The van der Waals surface area contributed by atoms with Crippen molar-refractivity contribution in [3.8, 4) is 0 Å². The Morgan fingerprint density at radius 2 is 1.76 bits per heavy atom. The SMILES string of the molecule is CC(N)C(C)c1nc2ccccc2n1C(C)C. The largest absolute Gasteiger partial charge is 0.327 e. The molecule has 0 spiro atoms. The van der Waals surface area contributed by atoms with Crippen LogP contribution in [0.4, 0.5) is 0 Å². The number of imidazole rings is 1. The van der Waals surface area contributed by atoms with Gasteiger partial charge in [0.1, 0.15) is 5.82 Å². The van der Waals surface area contributed by atoms with Gasteiger partial charge in [-0.05, 0) is 32.9 Å². The molecule has 1 aromatic heterocycles. The van der Waals surface area contributed by atoms with Gasteiger partial charge in [0.05, 0.1) is 11.0 Å². The number of hydrogen-bond donors (Lipinski definition) is 1. The van der Waals surface area contributed by atoms with E-state index < -0.39 is 0 Å². The summed E-state index contributed by atoms with van der Waals surface area (Å²) in [6, 6.07) is 8.79. The van der Waals surface area contributed by atoms with E-state index >= 15 is 0 Å². The van der Waals surface area contributed by atoms with E-state index in [-0.39, 0.29) is 12.0 Å². The first-order chi connectivity index (χ1) is 8.02. The van der Waals surface area contributed by atoms with Crippen LogP contribution in [0.1, 0.15) is 45.5 Å². The quantitative estimate of drug-likeness (QED) is 0.882. The highest BCUT2D eigenvalue weighted by atomic mass is 15.1. The summed E-state index contributed by atoms with van der Waals surface area (Å²) in [5.41, 5.74) is 8.26. The number of fused-ring (bicyclic) bond motifs is 1. The van der Waals surface area contributed by atoms with Crippen molar-refractivity contribution in [1.29, 1.82) is 0 Å². The topological polar surface area (TPSA) is 43.8 Å². The van der Waals surface area contributed by atoms with Gasteiger partial charge in [0, 0.05) is 18.0 Å². The predicted octanol–water partition coefficient (Wildman–Crippen LogP) is 3.07. The zero-order valence-electron chi connectivity index (χ0n) is 11.0. The molecule has 17 heavy (non-hydrogen) atoms. The minimum absolute atomic E-state index is 0.115. The van der Waals surface area contributed by atoms with E-state index in [1.54, 1.807) is 0 Å². The lowest BCUT2D eigenvalue weighted by Gasteiger charge is -2.19. The van der Waals surface area contributed by atoms with Gasteiger partial charge in [-0.1, -0.05) is 19.1 Å². The van der Waals surface area contributed by atoms with Gasteiger partial charge in [-0.2, -0.15) is 0 Å². The van der Waals surface area contributed by atoms with Crippen molar-refractivity contribution in [2.75, 3.05) is 0 Å². The predicted molar refractivity (Wildman–Crippen MR) is 72.2 cm³/mol. The van der Waals surface area contributed by atoms with Crippen LogP contribution >= 0.6 is 0 Å². The average molecular weight is 231 g/mol. The van der Waals surface area contributed by atoms with Crippen LogP contribution in [0.5, 0.6) is 0 Å². The fourth-order valence-electron chi connectivity index (χ4n) is 2.16. The lowest BCUT2D eigenvalue weighted by atomic mass is 10.0. The lowest BCUT2D eigenvalue weighted by Crippen LogP contribution is -2.25. The van der Waals surface area contributed by atoms with Gasteiger partial charge in [-0.15, -0.1) is 0 Å². The second-order valence-corrected chi connectivity index (χ2v) is 5.07. The molecule has 3 heteroatoms. The van der Waals surface area contributed by atoms with E-state index in [1.807, 2.05) is 13.0 Å². The fraction of sp³-hybridized carbons (Fsp3) is 0.500. The van der Waals surface area contributed by atoms with Crippen LogP contribution in [-0.4, -0.2) is 15.6 Å². The molecule has 0 fully saturated rings. The molecule has 0 saturated heterocycles. The van der Waals surface area contributed by atoms with Crippen LogP contribution in [0.25, 0.3) is 11.0 Å². The zero-order chi connectivity index (χ0) is 12.6. The molecular formula is C14H21N3. The van der Waals surface area contributed by atoms with E-state index in [0.717, 1.165) is 11.3 Å². The van der Waals surface area contributed by atoms with E-state index in [0.29, 0.717) is 6.04 Å². The van der Waals surface area contributed by atoms with Crippen molar-refractivity contribution < 1.29 is 0 Å². The number of nitrogens with two attached hydrogens (primary N) is 1. The second-order valence-electron chi connectivity index (χ2n) is 5.07. The summed E-state index contributed by atoms with van der Waals surface area (Å²) in [6.07, 6.45) is 0. The monoisotopic (exact) mass is 231 g/mol. The van der Waals surface area contributed by atoms with Gasteiger partial charge in [-0.25, -0.2) is 4.98 Å². The summed E-state index contributed by atoms with van der Waals surface area (Å²) in [7, 11) is 0. The molecule has 2 N–H and O–H groups in total. The van der Waals surface area contributed by atoms with Crippen LogP contribution in [0.2, 0.25) is 0 Å². The second kappa shape index (κ2) is 4.49. The van der Waals surface area contributed by atoms with E-state index in [9.17, 15) is 0 Å². The van der Waals surface area contributed by atoms with Crippen molar-refractivity contribution in [2.45, 2.75) is 45.7 Å². The molecule has 2 unspecified atom stereocenters. The highest BCUT2D eigenvalue weighted by Crippen LogP contribution is 2.26. The smallest absolute Gasteiger partial charge is 0.114 e. The molecule has 0 amide bonds. The minimum atomic E-state index is 0.115. The molecule has 2 aromatic rings. The van der Waals surface area contributed by atoms with E-state index in [2.05, 4.69) is 43.5 Å². The molecule has 0 radical (unpaired) electrons. The lowest BCUT2D eigenvalue weighted by molar-refractivity contribution is 0.511. The van der Waals surface area contributed by atoms with Crippen molar-refractivity contribution >= 4 is 11.0 Å². The molecular weight excluding hydrogens is 210 g/mol. The van der Waals surface area contributed by atoms with Crippen molar-refractivity contribution in [2.24, 2.45) is 5.73 Å². The molecule has 2 atom stereocenters. The van der Waals surface area contributed by atoms with Crippen LogP contribution in [0, 0.1) is 0 Å². The number of nitrogens with zero attached hydrogens (tertiary/aromatic N) is 2. The van der Waals surface area contributed by atoms with E-state index in [1.165, 1.54) is 5.52 Å². The van der Waals surface area contributed by atoms with Gasteiger partial charge < -0.3 is 10.3 Å². The Bertz CT molecular complexity index is 511. The van der Waals surface area contributed by atoms with Crippen LogP contribution in [-0.2, 0) is 0 Å². The van der Waals surface area contributed by atoms with Crippen LogP contribution < -0.4 is 5.73 Å². The van der Waals surface area contributed by atoms with Gasteiger partial charge in [0.2, 0.25) is 0 Å². The standard InChI is InChI=1S/C14H21N3/c1-9(2)17-13-8-6-5-7-12(13)16-14(17)10(3)11(4)15/h5-11H,15H2,1-4H3. The number of para-hydroxylation sites is 2. The van der Waals surface area contributed by atoms with Gasteiger partial charge in [-0.3, -0.25) is 0 Å². The van der Waals surface area contributed by atoms with Crippen LogP contribution in [0.3, 0.4) is 0 Å². The molecule has 0 bridgehead atoms. The average Bonchev–Trinajstić information content (AvgIpc) is 2.66. The Morgan fingerprint density at radius 1 is 1.12 bits per heavy atom. The molecule has 0 saturated carbocycles. The number of rotatable bonds is 3. The molecule has 0 aliphatic carbocycles. The number of hydrogen-bond acceptors (Lipinski definition) is 2. The fourth-order valence-corrected chi connectivity index (χ4v) is 2.16. The molecule has 92 valence electrons. The molecule has 2 rings (SSSR count). The Kier molecular flexibility index (Phi) is 3.20. The highest BCUT2D eigenvalue weighted by Gasteiger charge is 2.20. The summed E-state index contributed by atoms with van der Waals surface area (Å²) in [5, 5.41) is 0. The maximum absolute atomic E-state index is 6.01. The Morgan fingerprint density at radius 3 is 2.35 bits per heavy atom. The maximum Gasteiger partial charge on any atom is 0.114 e. The first kappa shape index (κ1) is 12.1. The minimum Gasteiger partial charge on any atom is -0.327 e. The third kappa shape index (κ3) is 2.07. The Labute approximate surface area is 103 Å². The van der Waals surface area contributed by atoms with E-state index in [4.69, 9.17) is 10.7 Å². The van der Waals surface area contributed by atoms with Crippen molar-refractivity contribution in [1.82, 2.24) is 9.55 Å². The summed E-state index contributed by atoms with van der Waals surface area (Å²) in [4.78, 5) is 4.74. The number of aromatic nitrogens is 2. The van der Waals surface area contributed by atoms with Gasteiger partial charge in [0.15, 0.2) is 0 Å². The third-order valence-corrected chi connectivity index (χ3v) is 3.34. The van der Waals surface area contributed by atoms with Crippen LogP contribution in [0.15, 0.2) is 24.3 Å². The number of benzene rings is 1. The Hall–Kier alpha value is -1.35. The molecule has 1 aromatic carbocycles. The molecule has 1 heterocycles. The molecule has 0 aliphatic heterocycles. The summed E-state index contributed by atoms with van der Waals surface area (Å²) < 4.78 is 2.30. The van der Waals surface area contributed by atoms with Crippen molar-refractivity contribution in [3.05, 3.63) is 30.1 Å². The summed E-state index contributed by atoms with van der Waals surface area (Å²) in [5.74, 6) is 1.36.